The summed E-state index contributed by atoms with van der Waals surface area (Å²) in [7, 11) is 0. The molecule has 1 aromatic heterocycles. The fourth-order valence-corrected chi connectivity index (χ4v) is 2.13. The molecule has 0 aliphatic rings. The lowest BCUT2D eigenvalue weighted by atomic mass is 9.99. The zero-order chi connectivity index (χ0) is 13.2. The van der Waals surface area contributed by atoms with Crippen molar-refractivity contribution < 1.29 is 9.18 Å². The van der Waals surface area contributed by atoms with Crippen LogP contribution in [0.15, 0.2) is 54.7 Å². The minimum Gasteiger partial charge on any atom is -0.298 e. The first-order valence-corrected chi connectivity index (χ1v) is 5.88. The monoisotopic (exact) mass is 251 g/mol. The van der Waals surface area contributed by atoms with Gasteiger partial charge in [-0.2, -0.15) is 0 Å². The summed E-state index contributed by atoms with van der Waals surface area (Å²) < 4.78 is 13.1. The minimum atomic E-state index is -0.412. The maximum Gasteiger partial charge on any atom is 0.150 e. The Labute approximate surface area is 109 Å². The Bertz CT molecular complexity index is 768. The largest absolute Gasteiger partial charge is 0.298 e. The van der Waals surface area contributed by atoms with E-state index >= 15 is 0 Å². The van der Waals surface area contributed by atoms with Gasteiger partial charge >= 0.3 is 0 Å². The molecule has 2 aromatic carbocycles. The number of rotatable bonds is 2. The summed E-state index contributed by atoms with van der Waals surface area (Å²) >= 11 is 0. The highest BCUT2D eigenvalue weighted by atomic mass is 19.1. The van der Waals surface area contributed by atoms with Crippen LogP contribution in [0.4, 0.5) is 4.39 Å². The molecule has 0 amide bonds. The molecule has 0 unspecified atom stereocenters. The number of nitrogens with zero attached hydrogens (tertiary/aromatic N) is 1. The Morgan fingerprint density at radius 2 is 1.95 bits per heavy atom. The Hall–Kier alpha value is -2.55. The summed E-state index contributed by atoms with van der Waals surface area (Å²) in [5.41, 5.74) is 2.76. The molecule has 0 aliphatic carbocycles. The van der Waals surface area contributed by atoms with Crippen LogP contribution in [-0.2, 0) is 0 Å². The third-order valence-corrected chi connectivity index (χ3v) is 3.06. The van der Waals surface area contributed by atoms with Gasteiger partial charge in [0.2, 0.25) is 0 Å². The first kappa shape index (κ1) is 11.5. The van der Waals surface area contributed by atoms with Crippen molar-refractivity contribution in [1.29, 1.82) is 0 Å². The van der Waals surface area contributed by atoms with Crippen molar-refractivity contribution in [1.82, 2.24) is 4.98 Å². The van der Waals surface area contributed by atoms with Crippen LogP contribution in [0.2, 0.25) is 0 Å². The van der Waals surface area contributed by atoms with Crippen molar-refractivity contribution >= 4 is 17.2 Å². The zero-order valence-corrected chi connectivity index (χ0v) is 10.0. The van der Waals surface area contributed by atoms with Gasteiger partial charge in [0.1, 0.15) is 5.82 Å². The van der Waals surface area contributed by atoms with Gasteiger partial charge in [0.05, 0.1) is 5.52 Å². The molecule has 0 saturated heterocycles. The average Bonchev–Trinajstić information content (AvgIpc) is 2.46. The van der Waals surface area contributed by atoms with Gasteiger partial charge in [0.25, 0.3) is 0 Å². The number of carbonyl (C=O) groups excluding carboxylic acids is 1. The van der Waals surface area contributed by atoms with Crippen LogP contribution in [0.1, 0.15) is 10.4 Å². The van der Waals surface area contributed by atoms with E-state index in [9.17, 15) is 9.18 Å². The third-order valence-electron chi connectivity index (χ3n) is 3.06. The van der Waals surface area contributed by atoms with Crippen LogP contribution < -0.4 is 0 Å². The van der Waals surface area contributed by atoms with E-state index in [4.69, 9.17) is 0 Å². The van der Waals surface area contributed by atoms with Crippen molar-refractivity contribution in [3.8, 4) is 11.1 Å². The predicted molar refractivity (Wildman–Crippen MR) is 72.5 cm³/mol. The van der Waals surface area contributed by atoms with Gasteiger partial charge in [-0.1, -0.05) is 24.3 Å². The molecule has 3 aromatic rings. The Balaban J connectivity index is 2.21. The molecule has 0 radical (unpaired) electrons. The highest BCUT2D eigenvalue weighted by Gasteiger charge is 2.07. The molecule has 0 saturated carbocycles. The van der Waals surface area contributed by atoms with Crippen molar-refractivity contribution in [2.24, 2.45) is 0 Å². The molecule has 3 heteroatoms. The number of aldehydes is 1. The van der Waals surface area contributed by atoms with E-state index in [0.29, 0.717) is 17.4 Å². The molecular weight excluding hydrogens is 241 g/mol. The topological polar surface area (TPSA) is 30.0 Å². The van der Waals surface area contributed by atoms with Gasteiger partial charge in [0, 0.05) is 17.1 Å². The highest BCUT2D eigenvalue weighted by Crippen LogP contribution is 2.26. The molecule has 0 fully saturated rings. The molecular formula is C16H10FNO. The van der Waals surface area contributed by atoms with Crippen molar-refractivity contribution in [3.05, 3.63) is 66.1 Å². The second kappa shape index (κ2) is 4.61. The van der Waals surface area contributed by atoms with E-state index in [0.717, 1.165) is 16.5 Å². The van der Waals surface area contributed by atoms with Gasteiger partial charge in [0.15, 0.2) is 6.29 Å². The van der Waals surface area contributed by atoms with Gasteiger partial charge in [-0.25, -0.2) is 4.39 Å². The van der Waals surface area contributed by atoms with Gasteiger partial charge in [-0.3, -0.25) is 9.78 Å². The summed E-state index contributed by atoms with van der Waals surface area (Å²) in [4.78, 5) is 15.3. The molecule has 19 heavy (non-hydrogen) atoms. The van der Waals surface area contributed by atoms with E-state index in [1.165, 1.54) is 12.1 Å². The molecule has 0 N–H and O–H groups in total. The van der Waals surface area contributed by atoms with Crippen LogP contribution in [0, 0.1) is 5.82 Å². The second-order valence-electron chi connectivity index (χ2n) is 4.26. The standard InChI is InChI=1S/C16H10FNO/c17-14-5-6-15(13(8-14)10-19)12-4-3-11-2-1-7-18-16(11)9-12/h1-10H. The molecule has 1 heterocycles. The lowest BCUT2D eigenvalue weighted by Gasteiger charge is -2.06. The van der Waals surface area contributed by atoms with E-state index in [1.54, 1.807) is 12.3 Å². The summed E-state index contributed by atoms with van der Waals surface area (Å²) in [5.74, 6) is -0.412. The number of benzene rings is 2. The quantitative estimate of drug-likeness (QED) is 0.647. The number of hydrogen-bond donors (Lipinski definition) is 0. The fourth-order valence-electron chi connectivity index (χ4n) is 2.13. The average molecular weight is 251 g/mol. The highest BCUT2D eigenvalue weighted by molar-refractivity contribution is 5.91. The number of halogens is 1. The number of carbonyl (C=O) groups is 1. The second-order valence-corrected chi connectivity index (χ2v) is 4.26. The number of fused-ring (bicyclic) bond motifs is 1. The Morgan fingerprint density at radius 3 is 2.79 bits per heavy atom. The third kappa shape index (κ3) is 2.10. The summed E-state index contributed by atoms with van der Waals surface area (Å²) in [6, 6.07) is 13.8. The fraction of sp³-hybridized carbons (Fsp3) is 0. The van der Waals surface area contributed by atoms with E-state index in [1.807, 2.05) is 30.3 Å². The Morgan fingerprint density at radius 1 is 1.05 bits per heavy atom. The smallest absolute Gasteiger partial charge is 0.150 e. The molecule has 92 valence electrons. The number of hydrogen-bond acceptors (Lipinski definition) is 2. The predicted octanol–water partition coefficient (Wildman–Crippen LogP) is 3.85. The number of pyridine rings is 1. The first-order valence-electron chi connectivity index (χ1n) is 5.88. The van der Waals surface area contributed by atoms with E-state index in [2.05, 4.69) is 4.98 Å². The van der Waals surface area contributed by atoms with E-state index < -0.39 is 5.82 Å². The van der Waals surface area contributed by atoms with Crippen LogP contribution in [0.3, 0.4) is 0 Å². The van der Waals surface area contributed by atoms with Crippen molar-refractivity contribution in [2.45, 2.75) is 0 Å². The van der Waals surface area contributed by atoms with Crippen LogP contribution in [0.25, 0.3) is 22.0 Å². The molecule has 3 rings (SSSR count). The van der Waals surface area contributed by atoms with Gasteiger partial charge in [-0.05, 0) is 35.4 Å². The zero-order valence-electron chi connectivity index (χ0n) is 10.0. The molecule has 0 atom stereocenters. The Kier molecular flexibility index (Phi) is 2.80. The van der Waals surface area contributed by atoms with Crippen molar-refractivity contribution in [3.63, 3.8) is 0 Å². The van der Waals surface area contributed by atoms with Crippen LogP contribution in [0.5, 0.6) is 0 Å². The van der Waals surface area contributed by atoms with Gasteiger partial charge in [-0.15, -0.1) is 0 Å². The van der Waals surface area contributed by atoms with Gasteiger partial charge < -0.3 is 0 Å². The SMILES string of the molecule is O=Cc1cc(F)ccc1-c1ccc2cccnc2c1. The molecule has 0 bridgehead atoms. The normalized spacial score (nSPS) is 10.6. The van der Waals surface area contributed by atoms with Crippen LogP contribution in [-0.4, -0.2) is 11.3 Å². The first-order chi connectivity index (χ1) is 9.28. The summed E-state index contributed by atoms with van der Waals surface area (Å²) in [5, 5.41) is 1.03. The summed E-state index contributed by atoms with van der Waals surface area (Å²) in [6.07, 6.45) is 2.39. The maximum atomic E-state index is 13.1. The van der Waals surface area contributed by atoms with E-state index in [-0.39, 0.29) is 0 Å². The lowest BCUT2D eigenvalue weighted by molar-refractivity contribution is 0.112. The summed E-state index contributed by atoms with van der Waals surface area (Å²) in [6.45, 7) is 0. The lowest BCUT2D eigenvalue weighted by Crippen LogP contribution is -1.90. The minimum absolute atomic E-state index is 0.343. The maximum absolute atomic E-state index is 13.1. The molecule has 0 spiro atoms. The number of aromatic nitrogens is 1. The molecule has 2 nitrogen and oxygen atoms in total. The van der Waals surface area contributed by atoms with Crippen LogP contribution >= 0.6 is 0 Å². The molecule has 0 aliphatic heterocycles. The van der Waals surface area contributed by atoms with Crippen molar-refractivity contribution in [2.75, 3.05) is 0 Å².